The van der Waals surface area contributed by atoms with Crippen LogP contribution in [0.1, 0.15) is 16.7 Å². The zero-order valence-corrected chi connectivity index (χ0v) is 15.4. The Kier molecular flexibility index (Phi) is 5.96. The normalized spacial score (nSPS) is 10.7. The number of nitrogens with one attached hydrogen (secondary N) is 3. The summed E-state index contributed by atoms with van der Waals surface area (Å²) in [5.74, 6) is 0.599. The number of hydrazine groups is 1. The van der Waals surface area contributed by atoms with Crippen LogP contribution in [0.4, 0.5) is 0 Å². The molecule has 2 amide bonds. The van der Waals surface area contributed by atoms with Gasteiger partial charge in [0.05, 0.1) is 12.2 Å². The number of hydrogen-bond donors (Lipinski definition) is 3. The van der Waals surface area contributed by atoms with Crippen molar-refractivity contribution in [2.24, 2.45) is 0 Å². The number of carbonyl (C=O) groups excluding carboxylic acids is 2. The lowest BCUT2D eigenvalue weighted by Crippen LogP contribution is -2.43. The van der Waals surface area contributed by atoms with Crippen molar-refractivity contribution in [3.05, 3.63) is 71.4 Å². The number of H-pyrrole nitrogens is 1. The van der Waals surface area contributed by atoms with Gasteiger partial charge in [0.2, 0.25) is 11.8 Å². The summed E-state index contributed by atoms with van der Waals surface area (Å²) in [4.78, 5) is 27.0. The van der Waals surface area contributed by atoms with Crippen molar-refractivity contribution in [1.29, 1.82) is 0 Å². The van der Waals surface area contributed by atoms with Crippen molar-refractivity contribution in [3.63, 3.8) is 0 Å². The van der Waals surface area contributed by atoms with Crippen molar-refractivity contribution in [2.75, 3.05) is 5.75 Å². The molecule has 0 saturated carbocycles. The van der Waals surface area contributed by atoms with Crippen LogP contribution in [0.2, 0.25) is 0 Å². The minimum absolute atomic E-state index is 0.209. The molecule has 3 rings (SSSR count). The van der Waals surface area contributed by atoms with E-state index < -0.39 is 0 Å². The molecule has 3 N–H and O–H groups in total. The highest BCUT2D eigenvalue weighted by Crippen LogP contribution is 2.18. The Balaban J connectivity index is 1.40. The van der Waals surface area contributed by atoms with Gasteiger partial charge in [-0.3, -0.25) is 20.4 Å². The summed E-state index contributed by atoms with van der Waals surface area (Å²) in [5.41, 5.74) is 9.24. The average Bonchev–Trinajstić information content (AvgIpc) is 3.03. The predicted molar refractivity (Wildman–Crippen MR) is 106 cm³/mol. The fourth-order valence-electron chi connectivity index (χ4n) is 2.73. The number of aromatic amines is 1. The summed E-state index contributed by atoms with van der Waals surface area (Å²) < 4.78 is 0. The van der Waals surface area contributed by atoms with E-state index in [4.69, 9.17) is 0 Å². The number of benzene rings is 2. The zero-order chi connectivity index (χ0) is 18.4. The molecule has 0 aliphatic rings. The van der Waals surface area contributed by atoms with Gasteiger partial charge in [-0.15, -0.1) is 11.8 Å². The molecule has 0 aliphatic carbocycles. The molecule has 1 aromatic heterocycles. The molecule has 0 aliphatic heterocycles. The third-order valence-corrected chi connectivity index (χ3v) is 4.96. The van der Waals surface area contributed by atoms with E-state index in [1.807, 2.05) is 55.6 Å². The summed E-state index contributed by atoms with van der Waals surface area (Å²) in [6.45, 7) is 2.05. The smallest absolute Gasteiger partial charge is 0.248 e. The van der Waals surface area contributed by atoms with Crippen LogP contribution in [-0.4, -0.2) is 22.6 Å². The Morgan fingerprint density at radius 3 is 2.69 bits per heavy atom. The van der Waals surface area contributed by atoms with E-state index in [-0.39, 0.29) is 18.2 Å². The number of amides is 2. The van der Waals surface area contributed by atoms with E-state index in [9.17, 15) is 9.59 Å². The standard InChI is InChI=1S/C20H21N3O2S/c1-14-5-4-6-15(9-14)12-26-13-20(25)23-22-19(24)10-16-11-21-18-8-3-2-7-17(16)18/h2-9,11,21H,10,12-13H2,1H3,(H,22,24)(H,23,25). The Bertz CT molecular complexity index is 920. The Labute approximate surface area is 156 Å². The second kappa shape index (κ2) is 8.58. The van der Waals surface area contributed by atoms with Gasteiger partial charge in [0.15, 0.2) is 0 Å². The first-order valence-electron chi connectivity index (χ1n) is 8.38. The monoisotopic (exact) mass is 367 g/mol. The molecule has 134 valence electrons. The fraction of sp³-hybridized carbons (Fsp3) is 0.200. The van der Waals surface area contributed by atoms with Gasteiger partial charge < -0.3 is 4.98 Å². The molecule has 0 atom stereocenters. The third-order valence-electron chi connectivity index (χ3n) is 3.95. The van der Waals surface area contributed by atoms with Crippen LogP contribution in [0.15, 0.2) is 54.7 Å². The number of carbonyl (C=O) groups is 2. The predicted octanol–water partition coefficient (Wildman–Crippen LogP) is 3.10. The molecule has 0 unspecified atom stereocenters. The summed E-state index contributed by atoms with van der Waals surface area (Å²) in [7, 11) is 0. The molecular weight excluding hydrogens is 346 g/mol. The maximum absolute atomic E-state index is 12.0. The van der Waals surface area contributed by atoms with E-state index in [0.29, 0.717) is 5.75 Å². The summed E-state index contributed by atoms with van der Waals surface area (Å²) >= 11 is 1.51. The largest absolute Gasteiger partial charge is 0.361 e. The highest BCUT2D eigenvalue weighted by atomic mass is 32.2. The lowest BCUT2D eigenvalue weighted by Gasteiger charge is -2.07. The van der Waals surface area contributed by atoms with Gasteiger partial charge in [-0.2, -0.15) is 0 Å². The van der Waals surface area contributed by atoms with Gasteiger partial charge in [0.25, 0.3) is 0 Å². The maximum atomic E-state index is 12.0. The van der Waals surface area contributed by atoms with Crippen LogP contribution in [0.5, 0.6) is 0 Å². The van der Waals surface area contributed by atoms with Gasteiger partial charge in [0, 0.05) is 22.9 Å². The SMILES string of the molecule is Cc1cccc(CSCC(=O)NNC(=O)Cc2c[nH]c3ccccc23)c1. The van der Waals surface area contributed by atoms with Crippen molar-refractivity contribution >= 4 is 34.5 Å². The summed E-state index contributed by atoms with van der Waals surface area (Å²) in [5, 5.41) is 1.02. The molecule has 2 aromatic carbocycles. The minimum atomic E-state index is -0.244. The van der Waals surface area contributed by atoms with Gasteiger partial charge in [-0.1, -0.05) is 48.0 Å². The van der Waals surface area contributed by atoms with E-state index in [2.05, 4.69) is 21.9 Å². The third kappa shape index (κ3) is 4.89. The van der Waals surface area contributed by atoms with E-state index in [0.717, 1.165) is 22.2 Å². The first-order chi connectivity index (χ1) is 12.6. The van der Waals surface area contributed by atoms with E-state index >= 15 is 0 Å². The molecule has 5 nitrogen and oxygen atoms in total. The second-order valence-corrected chi connectivity index (χ2v) is 7.10. The fourth-order valence-corrected chi connectivity index (χ4v) is 3.51. The van der Waals surface area contributed by atoms with Crippen molar-refractivity contribution in [3.8, 4) is 0 Å². The maximum Gasteiger partial charge on any atom is 0.248 e. The van der Waals surface area contributed by atoms with Crippen LogP contribution in [0.3, 0.4) is 0 Å². The molecule has 6 heteroatoms. The lowest BCUT2D eigenvalue weighted by molar-refractivity contribution is -0.127. The summed E-state index contributed by atoms with van der Waals surface area (Å²) in [6.07, 6.45) is 2.03. The Hall–Kier alpha value is -2.73. The van der Waals surface area contributed by atoms with E-state index in [1.54, 1.807) is 0 Å². The first kappa shape index (κ1) is 18.1. The van der Waals surface area contributed by atoms with Crippen LogP contribution in [0.25, 0.3) is 10.9 Å². The number of hydrogen-bond acceptors (Lipinski definition) is 3. The van der Waals surface area contributed by atoms with Gasteiger partial charge >= 0.3 is 0 Å². The topological polar surface area (TPSA) is 74.0 Å². The molecular formula is C20H21N3O2S. The number of aryl methyl sites for hydroxylation is 1. The first-order valence-corrected chi connectivity index (χ1v) is 9.53. The van der Waals surface area contributed by atoms with Crippen LogP contribution in [-0.2, 0) is 21.8 Å². The van der Waals surface area contributed by atoms with Gasteiger partial charge in [-0.05, 0) is 24.1 Å². The van der Waals surface area contributed by atoms with Crippen LogP contribution < -0.4 is 10.9 Å². The number of aromatic nitrogens is 1. The van der Waals surface area contributed by atoms with Gasteiger partial charge in [-0.25, -0.2) is 0 Å². The Morgan fingerprint density at radius 1 is 1.04 bits per heavy atom. The van der Waals surface area contributed by atoms with Gasteiger partial charge in [0.1, 0.15) is 0 Å². The number of rotatable bonds is 6. The summed E-state index contributed by atoms with van der Waals surface area (Å²) in [6, 6.07) is 16.0. The highest BCUT2D eigenvalue weighted by molar-refractivity contribution is 7.99. The minimum Gasteiger partial charge on any atom is -0.361 e. The van der Waals surface area contributed by atoms with Crippen molar-refractivity contribution < 1.29 is 9.59 Å². The van der Waals surface area contributed by atoms with Crippen LogP contribution in [0, 0.1) is 6.92 Å². The quantitative estimate of drug-likeness (QED) is 0.586. The molecule has 26 heavy (non-hydrogen) atoms. The molecule has 0 spiro atoms. The molecule has 0 saturated heterocycles. The van der Waals surface area contributed by atoms with Crippen LogP contribution >= 0.6 is 11.8 Å². The van der Waals surface area contributed by atoms with Crippen molar-refractivity contribution in [1.82, 2.24) is 15.8 Å². The number of fused-ring (bicyclic) bond motifs is 1. The zero-order valence-electron chi connectivity index (χ0n) is 14.5. The molecule has 1 heterocycles. The molecule has 0 radical (unpaired) electrons. The van der Waals surface area contributed by atoms with Crippen molar-refractivity contribution in [2.45, 2.75) is 19.1 Å². The highest BCUT2D eigenvalue weighted by Gasteiger charge is 2.09. The van der Waals surface area contributed by atoms with E-state index in [1.165, 1.54) is 22.9 Å². The average molecular weight is 367 g/mol. The second-order valence-electron chi connectivity index (χ2n) is 6.11. The number of thioether (sulfide) groups is 1. The Morgan fingerprint density at radius 2 is 1.85 bits per heavy atom. The molecule has 0 fully saturated rings. The lowest BCUT2D eigenvalue weighted by atomic mass is 10.1. The molecule has 0 bridgehead atoms. The molecule has 3 aromatic rings. The number of para-hydroxylation sites is 1.